The zero-order chi connectivity index (χ0) is 18.7. The minimum absolute atomic E-state index is 0. The lowest BCUT2D eigenvalue weighted by atomic mass is 10.00. The SMILES string of the molecule is CCCCOCCCNC(=NC)NCC(C)(C)N1CC(C)OC(C)C1.I. The van der Waals surface area contributed by atoms with Gasteiger partial charge >= 0.3 is 0 Å². The van der Waals surface area contributed by atoms with Crippen LogP contribution in [0.1, 0.15) is 53.9 Å². The van der Waals surface area contributed by atoms with E-state index in [2.05, 4.69) is 55.1 Å². The molecule has 1 aliphatic heterocycles. The van der Waals surface area contributed by atoms with Crippen molar-refractivity contribution in [2.75, 3.05) is 46.4 Å². The van der Waals surface area contributed by atoms with Crippen LogP contribution < -0.4 is 10.6 Å². The zero-order valence-corrected chi connectivity index (χ0v) is 20.0. The molecule has 0 aromatic carbocycles. The summed E-state index contributed by atoms with van der Waals surface area (Å²) in [7, 11) is 1.82. The predicted molar refractivity (Wildman–Crippen MR) is 121 cm³/mol. The van der Waals surface area contributed by atoms with Gasteiger partial charge in [-0.25, -0.2) is 0 Å². The molecule has 2 N–H and O–H groups in total. The fraction of sp³-hybridized carbons (Fsp3) is 0.947. The fourth-order valence-corrected chi connectivity index (χ4v) is 3.03. The van der Waals surface area contributed by atoms with Crippen LogP contribution in [0.4, 0.5) is 0 Å². The Morgan fingerprint density at radius 3 is 2.35 bits per heavy atom. The number of aliphatic imine (C=N–C) groups is 1. The molecule has 1 fully saturated rings. The van der Waals surface area contributed by atoms with Crippen molar-refractivity contribution in [2.45, 2.75) is 71.6 Å². The molecule has 0 bridgehead atoms. The minimum atomic E-state index is 0. The molecule has 0 radical (unpaired) electrons. The number of ether oxygens (including phenoxy) is 2. The van der Waals surface area contributed by atoms with Gasteiger partial charge < -0.3 is 20.1 Å². The van der Waals surface area contributed by atoms with Crippen molar-refractivity contribution in [1.82, 2.24) is 15.5 Å². The van der Waals surface area contributed by atoms with Crippen LogP contribution in [0.2, 0.25) is 0 Å². The van der Waals surface area contributed by atoms with E-state index in [1.54, 1.807) is 0 Å². The third-order valence-corrected chi connectivity index (χ3v) is 4.59. The maximum atomic E-state index is 5.85. The lowest BCUT2D eigenvalue weighted by Gasteiger charge is -2.45. The molecule has 1 aliphatic rings. The van der Waals surface area contributed by atoms with Crippen molar-refractivity contribution in [3.8, 4) is 0 Å². The molecule has 156 valence electrons. The van der Waals surface area contributed by atoms with Crippen molar-refractivity contribution in [3.63, 3.8) is 0 Å². The number of hydrogen-bond acceptors (Lipinski definition) is 4. The molecule has 7 heteroatoms. The average Bonchev–Trinajstić information content (AvgIpc) is 2.56. The number of guanidine groups is 1. The quantitative estimate of drug-likeness (QED) is 0.216. The Kier molecular flexibility index (Phi) is 13.9. The van der Waals surface area contributed by atoms with E-state index in [1.165, 1.54) is 6.42 Å². The van der Waals surface area contributed by atoms with Crippen LogP contribution in [0, 0.1) is 0 Å². The van der Waals surface area contributed by atoms with Crippen molar-refractivity contribution in [1.29, 1.82) is 0 Å². The van der Waals surface area contributed by atoms with Crippen LogP contribution in [-0.2, 0) is 9.47 Å². The number of halogens is 1. The zero-order valence-electron chi connectivity index (χ0n) is 17.6. The molecule has 0 saturated carbocycles. The van der Waals surface area contributed by atoms with Crippen LogP contribution in [0.25, 0.3) is 0 Å². The molecule has 1 saturated heterocycles. The van der Waals surface area contributed by atoms with Gasteiger partial charge in [-0.1, -0.05) is 13.3 Å². The van der Waals surface area contributed by atoms with E-state index in [4.69, 9.17) is 9.47 Å². The summed E-state index contributed by atoms with van der Waals surface area (Å²) in [5.74, 6) is 0.857. The Hall–Kier alpha value is -0.120. The standard InChI is InChI=1S/C19H40N4O2.HI/c1-7-8-11-24-12-9-10-21-18(20-6)22-15-19(4,5)23-13-16(2)25-17(3)14-23;/h16-17H,7-15H2,1-6H3,(H2,20,21,22);1H. The Bertz CT molecular complexity index is 384. The Morgan fingerprint density at radius 1 is 1.15 bits per heavy atom. The highest BCUT2D eigenvalue weighted by Gasteiger charge is 2.33. The van der Waals surface area contributed by atoms with Gasteiger partial charge in [0.15, 0.2) is 5.96 Å². The topological polar surface area (TPSA) is 58.1 Å². The molecule has 0 aromatic rings. The van der Waals surface area contributed by atoms with Gasteiger partial charge in [0, 0.05) is 52.0 Å². The number of rotatable bonds is 10. The molecule has 1 rings (SSSR count). The summed E-state index contributed by atoms with van der Waals surface area (Å²) in [6.07, 6.45) is 3.89. The second kappa shape index (κ2) is 14.0. The summed E-state index contributed by atoms with van der Waals surface area (Å²) in [5, 5.41) is 6.83. The predicted octanol–water partition coefficient (Wildman–Crippen LogP) is 2.86. The summed E-state index contributed by atoms with van der Waals surface area (Å²) in [5.41, 5.74) is 0.0488. The molecule has 1 heterocycles. The second-order valence-electron chi connectivity index (χ2n) is 7.65. The lowest BCUT2D eigenvalue weighted by Crippen LogP contribution is -2.59. The van der Waals surface area contributed by atoms with E-state index >= 15 is 0 Å². The van der Waals surface area contributed by atoms with Gasteiger partial charge in [-0.15, -0.1) is 24.0 Å². The molecule has 0 aliphatic carbocycles. The van der Waals surface area contributed by atoms with Crippen molar-refractivity contribution in [2.24, 2.45) is 4.99 Å². The number of hydrogen-bond donors (Lipinski definition) is 2. The van der Waals surface area contributed by atoms with Crippen LogP contribution in [0.3, 0.4) is 0 Å². The molecule has 2 atom stereocenters. The van der Waals surface area contributed by atoms with Crippen LogP contribution in [0.5, 0.6) is 0 Å². The minimum Gasteiger partial charge on any atom is -0.381 e. The van der Waals surface area contributed by atoms with E-state index < -0.39 is 0 Å². The second-order valence-corrected chi connectivity index (χ2v) is 7.65. The highest BCUT2D eigenvalue weighted by Crippen LogP contribution is 2.20. The number of morpholine rings is 1. The summed E-state index contributed by atoms with van der Waals surface area (Å²) < 4.78 is 11.4. The number of unbranched alkanes of at least 4 members (excludes halogenated alkanes) is 1. The Morgan fingerprint density at radius 2 is 1.77 bits per heavy atom. The maximum absolute atomic E-state index is 5.85. The first-order valence-corrected chi connectivity index (χ1v) is 9.81. The Balaban J connectivity index is 0.00000625. The highest BCUT2D eigenvalue weighted by atomic mass is 127. The number of nitrogens with zero attached hydrogens (tertiary/aromatic N) is 2. The van der Waals surface area contributed by atoms with Crippen LogP contribution >= 0.6 is 24.0 Å². The summed E-state index contributed by atoms with van der Waals surface area (Å²) >= 11 is 0. The molecule has 0 aromatic heterocycles. The Labute approximate surface area is 177 Å². The normalized spacial score (nSPS) is 22.0. The molecular formula is C19H41IN4O2. The van der Waals surface area contributed by atoms with Crippen molar-refractivity contribution in [3.05, 3.63) is 0 Å². The summed E-state index contributed by atoms with van der Waals surface area (Å²) in [6, 6.07) is 0. The monoisotopic (exact) mass is 484 g/mol. The first-order valence-electron chi connectivity index (χ1n) is 9.81. The molecule has 26 heavy (non-hydrogen) atoms. The van der Waals surface area contributed by atoms with Crippen molar-refractivity contribution >= 4 is 29.9 Å². The maximum Gasteiger partial charge on any atom is 0.191 e. The largest absolute Gasteiger partial charge is 0.381 e. The van der Waals surface area contributed by atoms with E-state index in [1.807, 2.05) is 7.05 Å². The van der Waals surface area contributed by atoms with Gasteiger partial charge in [0.2, 0.25) is 0 Å². The van der Waals surface area contributed by atoms with E-state index in [-0.39, 0.29) is 41.7 Å². The van der Waals surface area contributed by atoms with Gasteiger partial charge in [-0.05, 0) is 40.5 Å². The molecule has 0 spiro atoms. The van der Waals surface area contributed by atoms with Crippen molar-refractivity contribution < 1.29 is 9.47 Å². The molecule has 0 amide bonds. The molecule has 6 nitrogen and oxygen atoms in total. The average molecular weight is 484 g/mol. The highest BCUT2D eigenvalue weighted by molar-refractivity contribution is 14.0. The summed E-state index contributed by atoms with van der Waals surface area (Å²) in [6.45, 7) is 16.4. The molecular weight excluding hydrogens is 443 g/mol. The van der Waals surface area contributed by atoms with Gasteiger partial charge in [0.1, 0.15) is 0 Å². The third-order valence-electron chi connectivity index (χ3n) is 4.59. The smallest absolute Gasteiger partial charge is 0.191 e. The first-order chi connectivity index (χ1) is 11.9. The third kappa shape index (κ3) is 10.3. The van der Waals surface area contributed by atoms with Gasteiger partial charge in [0.25, 0.3) is 0 Å². The van der Waals surface area contributed by atoms with Gasteiger partial charge in [-0.3, -0.25) is 9.89 Å². The molecule has 2 unspecified atom stereocenters. The van der Waals surface area contributed by atoms with Crippen LogP contribution in [-0.4, -0.2) is 75.0 Å². The number of nitrogens with one attached hydrogen (secondary N) is 2. The first kappa shape index (κ1) is 25.9. The lowest BCUT2D eigenvalue weighted by molar-refractivity contribution is -0.0946. The van der Waals surface area contributed by atoms with E-state index in [0.29, 0.717) is 0 Å². The fourth-order valence-electron chi connectivity index (χ4n) is 3.03. The van der Waals surface area contributed by atoms with E-state index in [9.17, 15) is 0 Å². The van der Waals surface area contributed by atoms with Gasteiger partial charge in [0.05, 0.1) is 12.2 Å². The van der Waals surface area contributed by atoms with Crippen LogP contribution in [0.15, 0.2) is 4.99 Å². The van der Waals surface area contributed by atoms with E-state index in [0.717, 1.165) is 58.2 Å². The van der Waals surface area contributed by atoms with Gasteiger partial charge in [-0.2, -0.15) is 0 Å². The summed E-state index contributed by atoms with van der Waals surface area (Å²) in [4.78, 5) is 6.83.